The lowest BCUT2D eigenvalue weighted by Crippen LogP contribution is -2.51. The minimum atomic E-state index is -0.905. The third-order valence-electron chi connectivity index (χ3n) is 3.46. The molecular weight excluding hydrogens is 236 g/mol. The first-order chi connectivity index (χ1) is 8.45. The standard InChI is InChI=1S/C12H22N2O4/c1-8-4-5-14(7-10(8)18-3)12(17)13-6-9(2)11(15)16/h8-10H,4-7H2,1-3H3,(H,13,17)(H,15,16). The van der Waals surface area contributed by atoms with Crippen LogP contribution in [0.2, 0.25) is 0 Å². The van der Waals surface area contributed by atoms with Gasteiger partial charge in [-0.2, -0.15) is 0 Å². The predicted octanol–water partition coefficient (Wildman–Crippen LogP) is 0.773. The molecule has 1 rings (SSSR count). The van der Waals surface area contributed by atoms with Gasteiger partial charge in [0.25, 0.3) is 0 Å². The molecular formula is C12H22N2O4. The van der Waals surface area contributed by atoms with Gasteiger partial charge in [0.05, 0.1) is 12.0 Å². The summed E-state index contributed by atoms with van der Waals surface area (Å²) in [4.78, 5) is 24.2. The maximum atomic E-state index is 11.9. The number of carboxylic acids is 1. The molecule has 104 valence electrons. The maximum Gasteiger partial charge on any atom is 0.317 e. The minimum absolute atomic E-state index is 0.0568. The van der Waals surface area contributed by atoms with Gasteiger partial charge >= 0.3 is 12.0 Å². The van der Waals surface area contributed by atoms with Gasteiger partial charge in [0.2, 0.25) is 0 Å². The third kappa shape index (κ3) is 3.87. The molecule has 0 aromatic rings. The van der Waals surface area contributed by atoms with E-state index in [2.05, 4.69) is 12.2 Å². The molecule has 1 heterocycles. The fourth-order valence-electron chi connectivity index (χ4n) is 1.96. The third-order valence-corrected chi connectivity index (χ3v) is 3.46. The highest BCUT2D eigenvalue weighted by atomic mass is 16.5. The first-order valence-electron chi connectivity index (χ1n) is 6.24. The van der Waals surface area contributed by atoms with Gasteiger partial charge < -0.3 is 20.1 Å². The van der Waals surface area contributed by atoms with Gasteiger partial charge in [-0.1, -0.05) is 13.8 Å². The Morgan fingerprint density at radius 2 is 2.22 bits per heavy atom. The number of carbonyl (C=O) groups excluding carboxylic acids is 1. The smallest absolute Gasteiger partial charge is 0.317 e. The first-order valence-corrected chi connectivity index (χ1v) is 6.24. The Bertz CT molecular complexity index is 308. The SMILES string of the molecule is COC1CN(C(=O)NCC(C)C(=O)O)CCC1C. The zero-order chi connectivity index (χ0) is 13.7. The number of hydrogen-bond donors (Lipinski definition) is 2. The second-order valence-corrected chi connectivity index (χ2v) is 4.91. The zero-order valence-electron chi connectivity index (χ0n) is 11.2. The molecule has 2 amide bonds. The van der Waals surface area contributed by atoms with E-state index >= 15 is 0 Å². The van der Waals surface area contributed by atoms with Crippen molar-refractivity contribution in [2.24, 2.45) is 11.8 Å². The van der Waals surface area contributed by atoms with Crippen molar-refractivity contribution < 1.29 is 19.4 Å². The number of carbonyl (C=O) groups is 2. The number of nitrogens with one attached hydrogen (secondary N) is 1. The monoisotopic (exact) mass is 258 g/mol. The highest BCUT2D eigenvalue weighted by Gasteiger charge is 2.28. The molecule has 1 aliphatic rings. The summed E-state index contributed by atoms with van der Waals surface area (Å²) in [6.45, 7) is 5.08. The van der Waals surface area contributed by atoms with Crippen molar-refractivity contribution >= 4 is 12.0 Å². The Morgan fingerprint density at radius 3 is 2.78 bits per heavy atom. The van der Waals surface area contributed by atoms with Crippen LogP contribution in [0.4, 0.5) is 4.79 Å². The van der Waals surface area contributed by atoms with E-state index in [1.54, 1.807) is 18.9 Å². The number of carboxylic acid groups (broad SMARTS) is 1. The lowest BCUT2D eigenvalue weighted by molar-refractivity contribution is -0.140. The molecule has 1 fully saturated rings. The molecule has 3 atom stereocenters. The van der Waals surface area contributed by atoms with E-state index in [1.165, 1.54) is 0 Å². The van der Waals surface area contributed by atoms with Gasteiger partial charge in [-0.25, -0.2) is 4.79 Å². The maximum absolute atomic E-state index is 11.9. The molecule has 6 nitrogen and oxygen atoms in total. The van der Waals surface area contributed by atoms with Crippen molar-refractivity contribution in [3.63, 3.8) is 0 Å². The van der Waals surface area contributed by atoms with Crippen LogP contribution in [0.5, 0.6) is 0 Å². The molecule has 2 N–H and O–H groups in total. The van der Waals surface area contributed by atoms with Gasteiger partial charge in [-0.3, -0.25) is 4.79 Å². The summed E-state index contributed by atoms with van der Waals surface area (Å²) in [5, 5.41) is 11.4. The molecule has 0 saturated carbocycles. The summed E-state index contributed by atoms with van der Waals surface area (Å²) in [6, 6.07) is -0.211. The Morgan fingerprint density at radius 1 is 1.56 bits per heavy atom. The van der Waals surface area contributed by atoms with E-state index in [0.29, 0.717) is 19.0 Å². The van der Waals surface area contributed by atoms with Crippen molar-refractivity contribution in [1.82, 2.24) is 10.2 Å². The summed E-state index contributed by atoms with van der Waals surface area (Å²) in [7, 11) is 1.65. The Labute approximate surface area is 107 Å². The number of piperidine rings is 1. The Kier molecular flexibility index (Phi) is 5.40. The number of urea groups is 1. The highest BCUT2D eigenvalue weighted by Crippen LogP contribution is 2.19. The first kappa shape index (κ1) is 14.8. The molecule has 0 aromatic carbocycles. The molecule has 1 aliphatic heterocycles. The lowest BCUT2D eigenvalue weighted by atomic mass is 9.96. The molecule has 0 spiro atoms. The molecule has 0 radical (unpaired) electrons. The number of hydrogen-bond acceptors (Lipinski definition) is 3. The number of amides is 2. The van der Waals surface area contributed by atoms with Gasteiger partial charge in [0.15, 0.2) is 0 Å². The summed E-state index contributed by atoms with van der Waals surface area (Å²) in [6.07, 6.45) is 0.960. The molecule has 6 heteroatoms. The van der Waals surface area contributed by atoms with Crippen LogP contribution in [0, 0.1) is 11.8 Å². The number of aliphatic carboxylic acids is 1. The lowest BCUT2D eigenvalue weighted by Gasteiger charge is -2.36. The van der Waals surface area contributed by atoms with E-state index in [1.807, 2.05) is 0 Å². The van der Waals surface area contributed by atoms with Crippen LogP contribution < -0.4 is 5.32 Å². The average Bonchev–Trinajstić information content (AvgIpc) is 2.35. The normalized spacial score (nSPS) is 25.6. The van der Waals surface area contributed by atoms with Crippen molar-refractivity contribution in [1.29, 1.82) is 0 Å². The average molecular weight is 258 g/mol. The topological polar surface area (TPSA) is 78.9 Å². The minimum Gasteiger partial charge on any atom is -0.481 e. The number of methoxy groups -OCH3 is 1. The van der Waals surface area contributed by atoms with Crippen LogP contribution in [0.25, 0.3) is 0 Å². The van der Waals surface area contributed by atoms with E-state index in [0.717, 1.165) is 6.42 Å². The van der Waals surface area contributed by atoms with Crippen LogP contribution in [0.15, 0.2) is 0 Å². The largest absolute Gasteiger partial charge is 0.481 e. The summed E-state index contributed by atoms with van der Waals surface area (Å²) in [5.41, 5.74) is 0. The molecule has 0 aromatic heterocycles. The molecule has 0 aliphatic carbocycles. The van der Waals surface area contributed by atoms with Crippen molar-refractivity contribution in [3.8, 4) is 0 Å². The van der Waals surface area contributed by atoms with Gasteiger partial charge in [0.1, 0.15) is 0 Å². The van der Waals surface area contributed by atoms with Crippen LogP contribution >= 0.6 is 0 Å². The van der Waals surface area contributed by atoms with Crippen molar-refractivity contribution in [2.45, 2.75) is 26.4 Å². The van der Waals surface area contributed by atoms with Crippen LogP contribution in [-0.2, 0) is 9.53 Å². The molecule has 1 saturated heterocycles. The Balaban J connectivity index is 2.40. The van der Waals surface area contributed by atoms with E-state index in [9.17, 15) is 9.59 Å². The summed E-state index contributed by atoms with van der Waals surface area (Å²) >= 11 is 0. The highest BCUT2D eigenvalue weighted by molar-refractivity contribution is 5.76. The number of nitrogens with zero attached hydrogens (tertiary/aromatic N) is 1. The van der Waals surface area contributed by atoms with E-state index in [4.69, 9.17) is 9.84 Å². The van der Waals surface area contributed by atoms with E-state index in [-0.39, 0.29) is 18.7 Å². The van der Waals surface area contributed by atoms with Crippen molar-refractivity contribution in [3.05, 3.63) is 0 Å². The molecule has 18 heavy (non-hydrogen) atoms. The summed E-state index contributed by atoms with van der Waals surface area (Å²) < 4.78 is 5.33. The van der Waals surface area contributed by atoms with E-state index < -0.39 is 11.9 Å². The number of ether oxygens (including phenoxy) is 1. The van der Waals surface area contributed by atoms with Crippen molar-refractivity contribution in [2.75, 3.05) is 26.7 Å². The van der Waals surface area contributed by atoms with Gasteiger partial charge in [-0.15, -0.1) is 0 Å². The Hall–Kier alpha value is -1.30. The zero-order valence-corrected chi connectivity index (χ0v) is 11.2. The number of likely N-dealkylation sites (tertiary alicyclic amines) is 1. The molecule has 0 bridgehead atoms. The van der Waals surface area contributed by atoms with Gasteiger partial charge in [-0.05, 0) is 12.3 Å². The van der Waals surface area contributed by atoms with Crippen LogP contribution in [0.3, 0.4) is 0 Å². The second-order valence-electron chi connectivity index (χ2n) is 4.91. The second kappa shape index (κ2) is 6.58. The summed E-state index contributed by atoms with van der Waals surface area (Å²) in [5.74, 6) is -1.04. The van der Waals surface area contributed by atoms with Gasteiger partial charge in [0, 0.05) is 26.7 Å². The quantitative estimate of drug-likeness (QED) is 0.780. The fourth-order valence-corrected chi connectivity index (χ4v) is 1.96. The molecule has 3 unspecified atom stereocenters. The predicted molar refractivity (Wildman–Crippen MR) is 66.3 cm³/mol. The number of rotatable bonds is 4. The fraction of sp³-hybridized carbons (Fsp3) is 0.833. The van der Waals surface area contributed by atoms with Crippen LogP contribution in [-0.4, -0.2) is 54.9 Å². The van der Waals surface area contributed by atoms with Crippen LogP contribution in [0.1, 0.15) is 20.3 Å².